The molecule has 0 amide bonds. The fourth-order valence-electron chi connectivity index (χ4n) is 2.33. The van der Waals surface area contributed by atoms with Crippen molar-refractivity contribution >= 4 is 43.5 Å². The molecule has 0 heterocycles. The summed E-state index contributed by atoms with van der Waals surface area (Å²) in [7, 11) is 0. The van der Waals surface area contributed by atoms with E-state index in [1.807, 2.05) is 13.0 Å². The highest BCUT2D eigenvalue weighted by molar-refractivity contribution is 9.11. The van der Waals surface area contributed by atoms with Crippen LogP contribution in [0.15, 0.2) is 39.3 Å². The molecule has 0 unspecified atom stereocenters. The fourth-order valence-corrected chi connectivity index (χ4v) is 3.84. The first-order valence-corrected chi connectivity index (χ1v) is 9.12. The van der Waals surface area contributed by atoms with Gasteiger partial charge in [0.05, 0.1) is 27.0 Å². The normalized spacial score (nSPS) is 10.2. The van der Waals surface area contributed by atoms with E-state index in [2.05, 4.69) is 43.2 Å². The minimum absolute atomic E-state index is 0.0618. The molecular weight excluding hydrogens is 452 g/mol. The van der Waals surface area contributed by atoms with Crippen molar-refractivity contribution in [3.63, 3.8) is 0 Å². The number of hydrogen-bond donors (Lipinski definition) is 2. The molecule has 5 nitrogen and oxygen atoms in total. The van der Waals surface area contributed by atoms with E-state index in [0.29, 0.717) is 25.8 Å². The molecule has 0 atom stereocenters. The average molecular weight is 468 g/mol. The van der Waals surface area contributed by atoms with Gasteiger partial charge in [0.25, 0.3) is 0 Å². The minimum Gasteiger partial charge on any atom is -0.487 e. The molecule has 0 aliphatic carbocycles. The van der Waals surface area contributed by atoms with Gasteiger partial charge in [-0.1, -0.05) is 0 Å². The van der Waals surface area contributed by atoms with Gasteiger partial charge in [0, 0.05) is 12.2 Å². The van der Waals surface area contributed by atoms with Gasteiger partial charge in [-0.2, -0.15) is 5.26 Å². The summed E-state index contributed by atoms with van der Waals surface area (Å²) in [5.41, 5.74) is 2.96. The maximum Gasteiger partial charge on any atom is 0.307 e. The van der Waals surface area contributed by atoms with Crippen LogP contribution in [0.1, 0.15) is 23.6 Å². The molecule has 0 fully saturated rings. The summed E-state index contributed by atoms with van der Waals surface area (Å²) < 4.78 is 7.20. The Morgan fingerprint density at radius 1 is 1.20 bits per heavy atom. The summed E-state index contributed by atoms with van der Waals surface area (Å²) in [5, 5.41) is 21.2. The van der Waals surface area contributed by atoms with Crippen LogP contribution in [0.4, 0.5) is 5.69 Å². The number of nitrogens with one attached hydrogen (secondary N) is 1. The van der Waals surface area contributed by atoms with Gasteiger partial charge in [0.1, 0.15) is 12.4 Å². The van der Waals surface area contributed by atoms with Crippen molar-refractivity contribution in [1.29, 1.82) is 5.26 Å². The Morgan fingerprint density at radius 3 is 2.44 bits per heavy atom. The summed E-state index contributed by atoms with van der Waals surface area (Å²) >= 11 is 6.83. The van der Waals surface area contributed by atoms with Crippen molar-refractivity contribution in [1.82, 2.24) is 0 Å². The van der Waals surface area contributed by atoms with Gasteiger partial charge in [-0.05, 0) is 80.2 Å². The molecule has 0 saturated heterocycles. The summed E-state index contributed by atoms with van der Waals surface area (Å²) in [6, 6.07) is 11.1. The molecular formula is C18H16Br2N2O3. The van der Waals surface area contributed by atoms with Gasteiger partial charge in [-0.25, -0.2) is 0 Å². The van der Waals surface area contributed by atoms with Gasteiger partial charge in [0.15, 0.2) is 0 Å². The average Bonchev–Trinajstić information content (AvgIpc) is 2.53. The molecule has 2 aromatic carbocycles. The zero-order valence-electron chi connectivity index (χ0n) is 13.5. The SMILES string of the molecule is CCNc1cc(C#N)cc(COc2c(Br)cc(CC(=O)O)cc2Br)c1. The van der Waals surface area contributed by atoms with Crippen molar-refractivity contribution in [2.75, 3.05) is 11.9 Å². The van der Waals surface area contributed by atoms with E-state index in [0.717, 1.165) is 17.8 Å². The molecule has 130 valence electrons. The predicted molar refractivity (Wildman–Crippen MR) is 103 cm³/mol. The predicted octanol–water partition coefficient (Wildman–Crippen LogP) is 4.72. The quantitative estimate of drug-likeness (QED) is 0.615. The van der Waals surface area contributed by atoms with Crippen molar-refractivity contribution in [2.24, 2.45) is 0 Å². The first-order valence-electron chi connectivity index (χ1n) is 7.53. The number of halogens is 2. The van der Waals surface area contributed by atoms with Gasteiger partial charge >= 0.3 is 5.97 Å². The van der Waals surface area contributed by atoms with E-state index in [9.17, 15) is 4.79 Å². The third-order valence-corrected chi connectivity index (χ3v) is 4.48. The number of aliphatic carboxylic acids is 1. The van der Waals surface area contributed by atoms with E-state index in [1.54, 1.807) is 24.3 Å². The number of carbonyl (C=O) groups is 1. The number of nitriles is 1. The van der Waals surface area contributed by atoms with Gasteiger partial charge in [0.2, 0.25) is 0 Å². The van der Waals surface area contributed by atoms with Crippen LogP contribution in [0, 0.1) is 11.3 Å². The number of ether oxygens (including phenoxy) is 1. The molecule has 7 heteroatoms. The maximum atomic E-state index is 10.8. The van der Waals surface area contributed by atoms with Crippen LogP contribution in [-0.4, -0.2) is 17.6 Å². The number of nitrogens with zero attached hydrogens (tertiary/aromatic N) is 1. The largest absolute Gasteiger partial charge is 0.487 e. The number of carboxylic acids is 1. The lowest BCUT2D eigenvalue weighted by Gasteiger charge is -2.13. The number of rotatable bonds is 7. The van der Waals surface area contributed by atoms with Crippen LogP contribution in [0.5, 0.6) is 5.75 Å². The highest BCUT2D eigenvalue weighted by atomic mass is 79.9. The first kappa shape index (κ1) is 19.3. The zero-order chi connectivity index (χ0) is 18.4. The van der Waals surface area contributed by atoms with Gasteiger partial charge < -0.3 is 15.2 Å². The lowest BCUT2D eigenvalue weighted by Crippen LogP contribution is -2.03. The third kappa shape index (κ3) is 5.48. The Kier molecular flexibility index (Phi) is 6.85. The van der Waals surface area contributed by atoms with Crippen molar-refractivity contribution < 1.29 is 14.6 Å². The van der Waals surface area contributed by atoms with Crippen LogP contribution in [0.2, 0.25) is 0 Å². The van der Waals surface area contributed by atoms with E-state index in [4.69, 9.17) is 15.1 Å². The van der Waals surface area contributed by atoms with Gasteiger partial charge in [-0.15, -0.1) is 0 Å². The van der Waals surface area contributed by atoms with Crippen LogP contribution < -0.4 is 10.1 Å². The van der Waals surface area contributed by atoms with E-state index in [1.165, 1.54) is 0 Å². The first-order chi connectivity index (χ1) is 11.9. The summed E-state index contributed by atoms with van der Waals surface area (Å²) in [5.74, 6) is -0.307. The number of benzene rings is 2. The number of anilines is 1. The Morgan fingerprint density at radius 2 is 1.88 bits per heavy atom. The monoisotopic (exact) mass is 466 g/mol. The molecule has 25 heavy (non-hydrogen) atoms. The minimum atomic E-state index is -0.892. The second-order valence-corrected chi connectivity index (χ2v) is 7.02. The lowest BCUT2D eigenvalue weighted by molar-refractivity contribution is -0.136. The maximum absolute atomic E-state index is 10.8. The molecule has 2 aromatic rings. The zero-order valence-corrected chi connectivity index (χ0v) is 16.6. The number of carboxylic acid groups (broad SMARTS) is 1. The molecule has 0 aromatic heterocycles. The molecule has 0 aliphatic rings. The second-order valence-electron chi connectivity index (χ2n) is 5.31. The van der Waals surface area contributed by atoms with Crippen molar-refractivity contribution in [2.45, 2.75) is 20.0 Å². The molecule has 0 radical (unpaired) electrons. The summed E-state index contributed by atoms with van der Waals surface area (Å²) in [4.78, 5) is 10.8. The van der Waals surface area contributed by atoms with E-state index >= 15 is 0 Å². The topological polar surface area (TPSA) is 82.3 Å². The van der Waals surface area contributed by atoms with Crippen LogP contribution in [0.25, 0.3) is 0 Å². The summed E-state index contributed by atoms with van der Waals surface area (Å²) in [6.45, 7) is 3.03. The smallest absolute Gasteiger partial charge is 0.307 e. The highest BCUT2D eigenvalue weighted by Crippen LogP contribution is 2.35. The highest BCUT2D eigenvalue weighted by Gasteiger charge is 2.12. The summed E-state index contributed by atoms with van der Waals surface area (Å²) in [6.07, 6.45) is -0.0618. The lowest BCUT2D eigenvalue weighted by atomic mass is 10.1. The van der Waals surface area contributed by atoms with Crippen LogP contribution in [-0.2, 0) is 17.8 Å². The van der Waals surface area contributed by atoms with Gasteiger partial charge in [-0.3, -0.25) is 4.79 Å². The van der Waals surface area contributed by atoms with Crippen LogP contribution in [0.3, 0.4) is 0 Å². The van der Waals surface area contributed by atoms with Crippen molar-refractivity contribution in [3.8, 4) is 11.8 Å². The van der Waals surface area contributed by atoms with Crippen LogP contribution >= 0.6 is 31.9 Å². The fraction of sp³-hybridized carbons (Fsp3) is 0.222. The Labute approximate surface area is 162 Å². The molecule has 2 N–H and O–H groups in total. The van der Waals surface area contributed by atoms with E-state index in [-0.39, 0.29) is 13.0 Å². The Bertz CT molecular complexity index is 809. The molecule has 0 aliphatic heterocycles. The molecule has 0 spiro atoms. The molecule has 0 bridgehead atoms. The second kappa shape index (κ2) is 8.88. The Balaban J connectivity index is 2.20. The number of hydrogen-bond acceptors (Lipinski definition) is 4. The molecule has 0 saturated carbocycles. The van der Waals surface area contributed by atoms with E-state index < -0.39 is 5.97 Å². The van der Waals surface area contributed by atoms with Crippen molar-refractivity contribution in [3.05, 3.63) is 56.0 Å². The third-order valence-electron chi connectivity index (χ3n) is 3.30. The Hall–Kier alpha value is -2.04. The molecule has 2 rings (SSSR count). The standard InChI is InChI=1S/C18H16Br2N2O3/c1-2-22-14-4-12(9-21)3-13(5-14)10-25-18-15(19)6-11(7-16(18)20)8-17(23)24/h3-7,22H,2,8,10H2,1H3,(H,23,24).